The highest BCUT2D eigenvalue weighted by Gasteiger charge is 2.41. The third-order valence-corrected chi connectivity index (χ3v) is 4.76. The summed E-state index contributed by atoms with van der Waals surface area (Å²) in [7, 11) is 0. The van der Waals surface area contributed by atoms with E-state index in [0.29, 0.717) is 4.48 Å². The lowest BCUT2D eigenvalue weighted by molar-refractivity contribution is -0.146. The van der Waals surface area contributed by atoms with Gasteiger partial charge < -0.3 is 4.74 Å². The third kappa shape index (κ3) is 2.74. The van der Waals surface area contributed by atoms with Crippen molar-refractivity contribution in [2.75, 3.05) is 19.6 Å². The molecule has 3 nitrogen and oxygen atoms in total. The molecule has 1 fully saturated rings. The third-order valence-electron chi connectivity index (χ3n) is 3.84. The van der Waals surface area contributed by atoms with E-state index in [1.54, 1.807) is 0 Å². The fourth-order valence-corrected chi connectivity index (χ4v) is 3.08. The first-order valence-electron chi connectivity index (χ1n) is 6.35. The van der Waals surface area contributed by atoms with Gasteiger partial charge in [0.25, 0.3) is 0 Å². The number of carbonyl (C=O) groups is 1. The maximum atomic E-state index is 11.6. The summed E-state index contributed by atoms with van der Waals surface area (Å²) in [5.41, 5.74) is 0.576. The molecule has 2 aliphatic rings. The maximum Gasteiger partial charge on any atom is 0.346 e. The normalized spacial score (nSPS) is 31.6. The second-order valence-corrected chi connectivity index (χ2v) is 6.04. The SMILES string of the molecule is CC1=C(Br)C(=O)OC1(C)CN1CCCCCC1. The molecule has 0 bridgehead atoms. The Morgan fingerprint density at radius 3 is 2.35 bits per heavy atom. The van der Waals surface area contributed by atoms with E-state index in [1.165, 1.54) is 25.7 Å². The number of carbonyl (C=O) groups excluding carboxylic acids is 1. The molecule has 0 aliphatic carbocycles. The van der Waals surface area contributed by atoms with Crippen molar-refractivity contribution in [3.8, 4) is 0 Å². The first-order chi connectivity index (χ1) is 8.03. The summed E-state index contributed by atoms with van der Waals surface area (Å²) in [5.74, 6) is -0.222. The number of ether oxygens (including phenoxy) is 1. The van der Waals surface area contributed by atoms with E-state index < -0.39 is 5.60 Å². The minimum atomic E-state index is -0.444. The van der Waals surface area contributed by atoms with Gasteiger partial charge in [0.2, 0.25) is 0 Å². The molecule has 17 heavy (non-hydrogen) atoms. The van der Waals surface area contributed by atoms with Gasteiger partial charge in [0.15, 0.2) is 0 Å². The summed E-state index contributed by atoms with van der Waals surface area (Å²) < 4.78 is 6.12. The Balaban J connectivity index is 2.05. The molecule has 2 rings (SSSR count). The molecular formula is C13H20BrNO2. The van der Waals surface area contributed by atoms with E-state index in [9.17, 15) is 4.79 Å². The van der Waals surface area contributed by atoms with Crippen molar-refractivity contribution in [1.82, 2.24) is 4.90 Å². The van der Waals surface area contributed by atoms with Gasteiger partial charge in [-0.3, -0.25) is 4.90 Å². The number of halogens is 1. The summed E-state index contributed by atoms with van der Waals surface area (Å²) >= 11 is 3.31. The molecule has 0 N–H and O–H groups in total. The van der Waals surface area contributed by atoms with Gasteiger partial charge in [0, 0.05) is 6.54 Å². The van der Waals surface area contributed by atoms with E-state index in [-0.39, 0.29) is 5.97 Å². The lowest BCUT2D eigenvalue weighted by atomic mass is 9.97. The van der Waals surface area contributed by atoms with Crippen LogP contribution in [0.2, 0.25) is 0 Å². The smallest absolute Gasteiger partial charge is 0.346 e. The fourth-order valence-electron chi connectivity index (χ4n) is 2.58. The summed E-state index contributed by atoms with van der Waals surface area (Å²) in [6, 6.07) is 0. The maximum absolute atomic E-state index is 11.6. The van der Waals surface area contributed by atoms with Crippen LogP contribution in [0.5, 0.6) is 0 Å². The minimum Gasteiger partial charge on any atom is -0.449 e. The highest BCUT2D eigenvalue weighted by molar-refractivity contribution is 9.12. The molecule has 0 aromatic heterocycles. The molecule has 1 unspecified atom stereocenters. The average molecular weight is 302 g/mol. The highest BCUT2D eigenvalue weighted by atomic mass is 79.9. The van der Waals surface area contributed by atoms with E-state index in [1.807, 2.05) is 13.8 Å². The van der Waals surface area contributed by atoms with Gasteiger partial charge in [0.05, 0.1) is 0 Å². The molecule has 0 aromatic carbocycles. The first kappa shape index (κ1) is 13.1. The molecule has 0 saturated carbocycles. The average Bonchev–Trinajstić information content (AvgIpc) is 2.53. The quantitative estimate of drug-likeness (QED) is 0.735. The second-order valence-electron chi connectivity index (χ2n) is 5.25. The standard InChI is InChI=1S/C13H20BrNO2/c1-10-11(14)12(16)17-13(10,2)9-15-7-5-3-4-6-8-15/h3-9H2,1-2H3. The zero-order valence-electron chi connectivity index (χ0n) is 10.6. The van der Waals surface area contributed by atoms with Crippen LogP contribution in [0.15, 0.2) is 10.1 Å². The monoisotopic (exact) mass is 301 g/mol. The van der Waals surface area contributed by atoms with Gasteiger partial charge in [-0.2, -0.15) is 0 Å². The molecule has 0 aromatic rings. The Hall–Kier alpha value is -0.350. The molecule has 2 aliphatic heterocycles. The van der Waals surface area contributed by atoms with Crippen molar-refractivity contribution in [3.05, 3.63) is 10.1 Å². The molecule has 0 amide bonds. The van der Waals surface area contributed by atoms with Crippen LogP contribution in [0, 0.1) is 0 Å². The summed E-state index contributed by atoms with van der Waals surface area (Å²) in [6.45, 7) is 7.06. The highest BCUT2D eigenvalue weighted by Crippen LogP contribution is 2.36. The van der Waals surface area contributed by atoms with Crippen LogP contribution in [0.3, 0.4) is 0 Å². The van der Waals surface area contributed by atoms with Gasteiger partial charge >= 0.3 is 5.97 Å². The minimum absolute atomic E-state index is 0.222. The number of rotatable bonds is 2. The lowest BCUT2D eigenvalue weighted by Gasteiger charge is -2.31. The molecule has 0 spiro atoms. The van der Waals surface area contributed by atoms with Crippen LogP contribution in [-0.2, 0) is 9.53 Å². The largest absolute Gasteiger partial charge is 0.449 e. The van der Waals surface area contributed by atoms with Crippen molar-refractivity contribution in [3.63, 3.8) is 0 Å². The molecule has 1 atom stereocenters. The van der Waals surface area contributed by atoms with E-state index in [4.69, 9.17) is 4.74 Å². The predicted molar refractivity (Wildman–Crippen MR) is 71.0 cm³/mol. The molecular weight excluding hydrogens is 282 g/mol. The summed E-state index contributed by atoms with van der Waals surface area (Å²) in [4.78, 5) is 14.0. The van der Waals surface area contributed by atoms with Crippen LogP contribution in [-0.4, -0.2) is 36.1 Å². The van der Waals surface area contributed by atoms with Crippen LogP contribution in [0.1, 0.15) is 39.5 Å². The Labute approximate surface area is 111 Å². The number of nitrogens with zero attached hydrogens (tertiary/aromatic N) is 1. The topological polar surface area (TPSA) is 29.5 Å². The predicted octanol–water partition coefficient (Wildman–Crippen LogP) is 2.85. The Morgan fingerprint density at radius 1 is 1.29 bits per heavy atom. The number of esters is 1. The molecule has 1 saturated heterocycles. The van der Waals surface area contributed by atoms with E-state index >= 15 is 0 Å². The number of hydrogen-bond donors (Lipinski definition) is 0. The van der Waals surface area contributed by atoms with Crippen LogP contribution < -0.4 is 0 Å². The number of cyclic esters (lactones) is 1. The van der Waals surface area contributed by atoms with Crippen molar-refractivity contribution in [1.29, 1.82) is 0 Å². The van der Waals surface area contributed by atoms with Gasteiger partial charge in [-0.25, -0.2) is 4.79 Å². The molecule has 96 valence electrons. The van der Waals surface area contributed by atoms with Gasteiger partial charge in [0.1, 0.15) is 10.1 Å². The fraction of sp³-hybridized carbons (Fsp3) is 0.769. The Kier molecular flexibility index (Phi) is 3.93. The van der Waals surface area contributed by atoms with Crippen LogP contribution in [0.4, 0.5) is 0 Å². The Morgan fingerprint density at radius 2 is 1.88 bits per heavy atom. The van der Waals surface area contributed by atoms with Crippen LogP contribution in [0.25, 0.3) is 0 Å². The molecule has 0 radical (unpaired) electrons. The van der Waals surface area contributed by atoms with E-state index in [2.05, 4.69) is 20.8 Å². The number of likely N-dealkylation sites (tertiary alicyclic amines) is 1. The van der Waals surface area contributed by atoms with Crippen molar-refractivity contribution < 1.29 is 9.53 Å². The van der Waals surface area contributed by atoms with Gasteiger partial charge in [-0.15, -0.1) is 0 Å². The molecule has 4 heteroatoms. The number of hydrogen-bond acceptors (Lipinski definition) is 3. The van der Waals surface area contributed by atoms with Crippen molar-refractivity contribution in [2.45, 2.75) is 45.1 Å². The van der Waals surface area contributed by atoms with E-state index in [0.717, 1.165) is 25.2 Å². The molecule has 2 heterocycles. The zero-order chi connectivity index (χ0) is 12.5. The summed E-state index contributed by atoms with van der Waals surface area (Å²) in [5, 5.41) is 0. The van der Waals surface area contributed by atoms with Crippen molar-refractivity contribution in [2.24, 2.45) is 0 Å². The summed E-state index contributed by atoms with van der Waals surface area (Å²) in [6.07, 6.45) is 5.17. The van der Waals surface area contributed by atoms with Gasteiger partial charge in [-0.1, -0.05) is 12.8 Å². The first-order valence-corrected chi connectivity index (χ1v) is 7.15. The second kappa shape index (κ2) is 5.11. The lowest BCUT2D eigenvalue weighted by Crippen LogP contribution is -2.42. The van der Waals surface area contributed by atoms with Crippen molar-refractivity contribution >= 4 is 21.9 Å². The van der Waals surface area contributed by atoms with Crippen LogP contribution >= 0.6 is 15.9 Å². The Bertz CT molecular complexity index is 345. The van der Waals surface area contributed by atoms with Gasteiger partial charge in [-0.05, 0) is 61.3 Å². The zero-order valence-corrected chi connectivity index (χ0v) is 12.2.